The molecule has 0 bridgehead atoms. The fraction of sp³-hybridized carbons (Fsp3) is 0.417. The number of aromatic hydroxyl groups is 1. The highest BCUT2D eigenvalue weighted by atomic mass is 16.5. The third-order valence-electron chi connectivity index (χ3n) is 2.84. The van der Waals surface area contributed by atoms with Crippen LogP contribution in [0.4, 0.5) is 5.69 Å². The number of rotatable bonds is 3. The summed E-state index contributed by atoms with van der Waals surface area (Å²) in [7, 11) is 1.52. The SMILES string of the molecule is COc1ccc(NC(=O)[C@H]2CCCN2)c(O)c1. The number of nitrogens with one attached hydrogen (secondary N) is 2. The second-order valence-electron chi connectivity index (χ2n) is 4.02. The molecule has 0 aliphatic carbocycles. The van der Waals surface area contributed by atoms with Crippen molar-refractivity contribution in [3.05, 3.63) is 18.2 Å². The van der Waals surface area contributed by atoms with Gasteiger partial charge in [0.1, 0.15) is 11.5 Å². The van der Waals surface area contributed by atoms with Gasteiger partial charge in [-0.15, -0.1) is 0 Å². The smallest absolute Gasteiger partial charge is 0.241 e. The van der Waals surface area contributed by atoms with Crippen LogP contribution in [0.3, 0.4) is 0 Å². The van der Waals surface area contributed by atoms with E-state index in [1.165, 1.54) is 13.2 Å². The molecule has 1 atom stereocenters. The van der Waals surface area contributed by atoms with Gasteiger partial charge in [-0.2, -0.15) is 0 Å². The predicted octanol–water partition coefficient (Wildman–Crippen LogP) is 1.09. The number of phenols is 1. The molecule has 0 spiro atoms. The number of carbonyl (C=O) groups excluding carboxylic acids is 1. The van der Waals surface area contributed by atoms with Crippen molar-refractivity contribution in [2.24, 2.45) is 0 Å². The molecule has 17 heavy (non-hydrogen) atoms. The van der Waals surface area contributed by atoms with E-state index in [2.05, 4.69) is 10.6 Å². The maximum absolute atomic E-state index is 11.8. The molecule has 1 aromatic carbocycles. The maximum atomic E-state index is 11.8. The summed E-state index contributed by atoms with van der Waals surface area (Å²) in [5.41, 5.74) is 0.407. The highest BCUT2D eigenvalue weighted by Crippen LogP contribution is 2.28. The summed E-state index contributed by atoms with van der Waals surface area (Å²) < 4.78 is 4.97. The molecule has 1 aliphatic rings. The van der Waals surface area contributed by atoms with Gasteiger partial charge >= 0.3 is 0 Å². The van der Waals surface area contributed by atoms with E-state index in [1.54, 1.807) is 12.1 Å². The Morgan fingerprint density at radius 1 is 1.59 bits per heavy atom. The summed E-state index contributed by atoms with van der Waals surface area (Å²) >= 11 is 0. The summed E-state index contributed by atoms with van der Waals surface area (Å²) in [6.07, 6.45) is 1.84. The molecule has 1 fully saturated rings. The number of hydrogen-bond acceptors (Lipinski definition) is 4. The van der Waals surface area contributed by atoms with Crippen LogP contribution in [0.15, 0.2) is 18.2 Å². The number of benzene rings is 1. The average molecular weight is 236 g/mol. The second-order valence-corrected chi connectivity index (χ2v) is 4.02. The first-order chi connectivity index (χ1) is 8.20. The minimum absolute atomic E-state index is 0.00990. The maximum Gasteiger partial charge on any atom is 0.241 e. The molecule has 5 nitrogen and oxygen atoms in total. The van der Waals surface area contributed by atoms with Gasteiger partial charge in [0.25, 0.3) is 0 Å². The summed E-state index contributed by atoms with van der Waals surface area (Å²) in [6, 6.07) is 4.63. The van der Waals surface area contributed by atoms with Gasteiger partial charge in [-0.05, 0) is 31.5 Å². The van der Waals surface area contributed by atoms with E-state index in [1.807, 2.05) is 0 Å². The normalized spacial score (nSPS) is 19.0. The number of anilines is 1. The van der Waals surface area contributed by atoms with Gasteiger partial charge < -0.3 is 20.5 Å². The van der Waals surface area contributed by atoms with E-state index < -0.39 is 0 Å². The summed E-state index contributed by atoms with van der Waals surface area (Å²) in [4.78, 5) is 11.8. The van der Waals surface area contributed by atoms with E-state index in [9.17, 15) is 9.90 Å². The Morgan fingerprint density at radius 2 is 2.41 bits per heavy atom. The standard InChI is InChI=1S/C12H16N2O3/c1-17-8-4-5-9(11(15)7-8)14-12(16)10-3-2-6-13-10/h4-5,7,10,13,15H,2-3,6H2,1H3,(H,14,16)/t10-/m1/s1. The van der Waals surface area contributed by atoms with Crippen molar-refractivity contribution >= 4 is 11.6 Å². The lowest BCUT2D eigenvalue weighted by Gasteiger charge is -2.12. The van der Waals surface area contributed by atoms with Crippen molar-refractivity contribution in [2.45, 2.75) is 18.9 Å². The summed E-state index contributed by atoms with van der Waals surface area (Å²) in [6.45, 7) is 0.868. The van der Waals surface area contributed by atoms with Crippen LogP contribution in [0, 0.1) is 0 Å². The quantitative estimate of drug-likeness (QED) is 0.687. The molecule has 1 saturated heterocycles. The molecule has 0 aromatic heterocycles. The lowest BCUT2D eigenvalue weighted by Crippen LogP contribution is -2.35. The Hall–Kier alpha value is -1.75. The molecule has 1 aliphatic heterocycles. The minimum atomic E-state index is -0.156. The third kappa shape index (κ3) is 2.68. The number of amides is 1. The molecular weight excluding hydrogens is 220 g/mol. The van der Waals surface area contributed by atoms with E-state index in [4.69, 9.17) is 4.74 Å². The van der Waals surface area contributed by atoms with Crippen molar-refractivity contribution in [1.82, 2.24) is 5.32 Å². The van der Waals surface area contributed by atoms with E-state index in [-0.39, 0.29) is 17.7 Å². The van der Waals surface area contributed by atoms with Crippen LogP contribution in [0.1, 0.15) is 12.8 Å². The molecular formula is C12H16N2O3. The number of ether oxygens (including phenoxy) is 1. The minimum Gasteiger partial charge on any atom is -0.506 e. The molecule has 2 rings (SSSR count). The number of methoxy groups -OCH3 is 1. The molecule has 1 aromatic rings. The number of hydrogen-bond donors (Lipinski definition) is 3. The van der Waals surface area contributed by atoms with Crippen molar-refractivity contribution in [3.8, 4) is 11.5 Å². The fourth-order valence-electron chi connectivity index (χ4n) is 1.87. The lowest BCUT2D eigenvalue weighted by atomic mass is 10.2. The van der Waals surface area contributed by atoms with Crippen LogP contribution in [-0.2, 0) is 4.79 Å². The summed E-state index contributed by atoms with van der Waals surface area (Å²) in [5.74, 6) is 0.457. The molecule has 0 unspecified atom stereocenters. The van der Waals surface area contributed by atoms with Crippen LogP contribution in [0.2, 0.25) is 0 Å². The molecule has 0 saturated carbocycles. The molecule has 5 heteroatoms. The number of carbonyl (C=O) groups is 1. The summed E-state index contributed by atoms with van der Waals surface area (Å²) in [5, 5.41) is 15.5. The van der Waals surface area contributed by atoms with Gasteiger partial charge in [-0.25, -0.2) is 0 Å². The third-order valence-corrected chi connectivity index (χ3v) is 2.84. The molecule has 0 radical (unpaired) electrons. The van der Waals surface area contributed by atoms with Crippen LogP contribution < -0.4 is 15.4 Å². The van der Waals surface area contributed by atoms with Gasteiger partial charge in [-0.1, -0.05) is 0 Å². The highest BCUT2D eigenvalue weighted by Gasteiger charge is 2.22. The topological polar surface area (TPSA) is 70.6 Å². The van der Waals surface area contributed by atoms with Gasteiger partial charge in [0.05, 0.1) is 18.8 Å². The second kappa shape index (κ2) is 5.05. The molecule has 1 amide bonds. The van der Waals surface area contributed by atoms with Gasteiger partial charge in [-0.3, -0.25) is 4.79 Å². The lowest BCUT2D eigenvalue weighted by molar-refractivity contribution is -0.117. The first-order valence-electron chi connectivity index (χ1n) is 5.62. The van der Waals surface area contributed by atoms with Crippen molar-refractivity contribution in [2.75, 3.05) is 19.0 Å². The van der Waals surface area contributed by atoms with Crippen LogP contribution in [-0.4, -0.2) is 30.7 Å². The Kier molecular flexibility index (Phi) is 3.49. The van der Waals surface area contributed by atoms with Gasteiger partial charge in [0.15, 0.2) is 0 Å². The Morgan fingerprint density at radius 3 is 3.00 bits per heavy atom. The van der Waals surface area contributed by atoms with Crippen LogP contribution >= 0.6 is 0 Å². The van der Waals surface area contributed by atoms with E-state index in [0.29, 0.717) is 11.4 Å². The van der Waals surface area contributed by atoms with E-state index >= 15 is 0 Å². The zero-order chi connectivity index (χ0) is 12.3. The van der Waals surface area contributed by atoms with Crippen molar-refractivity contribution in [3.63, 3.8) is 0 Å². The predicted molar refractivity (Wildman–Crippen MR) is 64.3 cm³/mol. The zero-order valence-corrected chi connectivity index (χ0v) is 9.69. The Labute approximate surface area is 99.8 Å². The molecule has 1 heterocycles. The number of phenolic OH excluding ortho intramolecular Hbond substituents is 1. The zero-order valence-electron chi connectivity index (χ0n) is 9.69. The van der Waals surface area contributed by atoms with Crippen LogP contribution in [0.25, 0.3) is 0 Å². The Balaban J connectivity index is 2.05. The fourth-order valence-corrected chi connectivity index (χ4v) is 1.87. The van der Waals surface area contributed by atoms with Gasteiger partial charge in [0.2, 0.25) is 5.91 Å². The molecule has 3 N–H and O–H groups in total. The highest BCUT2D eigenvalue weighted by molar-refractivity contribution is 5.96. The van der Waals surface area contributed by atoms with Gasteiger partial charge in [0, 0.05) is 6.07 Å². The Bertz CT molecular complexity index is 414. The van der Waals surface area contributed by atoms with Crippen molar-refractivity contribution in [1.29, 1.82) is 0 Å². The van der Waals surface area contributed by atoms with E-state index in [0.717, 1.165) is 19.4 Å². The van der Waals surface area contributed by atoms with Crippen molar-refractivity contribution < 1.29 is 14.6 Å². The molecule has 92 valence electrons. The first kappa shape index (κ1) is 11.7. The van der Waals surface area contributed by atoms with Crippen LogP contribution in [0.5, 0.6) is 11.5 Å². The monoisotopic (exact) mass is 236 g/mol. The largest absolute Gasteiger partial charge is 0.506 e. The first-order valence-corrected chi connectivity index (χ1v) is 5.62. The average Bonchev–Trinajstić information content (AvgIpc) is 2.85.